The number of rotatable bonds is 3. The van der Waals surface area contributed by atoms with Crippen molar-refractivity contribution in [3.63, 3.8) is 0 Å². The van der Waals surface area contributed by atoms with Crippen LogP contribution in [0.25, 0.3) is 10.9 Å². The van der Waals surface area contributed by atoms with Gasteiger partial charge in [0.1, 0.15) is 5.82 Å². The summed E-state index contributed by atoms with van der Waals surface area (Å²) in [7, 11) is 0. The second-order valence-electron chi connectivity index (χ2n) is 6.96. The molecule has 0 saturated heterocycles. The highest BCUT2D eigenvalue weighted by molar-refractivity contribution is 7.80. The third-order valence-electron chi connectivity index (χ3n) is 4.94. The maximum atomic E-state index is 12.9. The molecule has 28 heavy (non-hydrogen) atoms. The Balaban J connectivity index is 1.51. The van der Waals surface area contributed by atoms with Gasteiger partial charge in [-0.1, -0.05) is 30.2 Å². The largest absolute Gasteiger partial charge is 0.358 e. The molecule has 0 fully saturated rings. The van der Waals surface area contributed by atoms with Crippen molar-refractivity contribution < 1.29 is 0 Å². The van der Waals surface area contributed by atoms with Crippen molar-refractivity contribution in [1.29, 1.82) is 0 Å². The van der Waals surface area contributed by atoms with Gasteiger partial charge >= 0.3 is 0 Å². The van der Waals surface area contributed by atoms with Gasteiger partial charge in [0.15, 0.2) is 5.11 Å². The Morgan fingerprint density at radius 3 is 2.79 bits per heavy atom. The summed E-state index contributed by atoms with van der Waals surface area (Å²) >= 11 is 11.3. The Morgan fingerprint density at radius 1 is 1.14 bits per heavy atom. The monoisotopic (exact) mass is 412 g/mol. The van der Waals surface area contributed by atoms with Crippen LogP contribution in [0.3, 0.4) is 0 Å². The van der Waals surface area contributed by atoms with Gasteiger partial charge in [-0.25, -0.2) is 4.98 Å². The normalized spacial score (nSPS) is 13.6. The highest BCUT2D eigenvalue weighted by atomic mass is 35.5. The summed E-state index contributed by atoms with van der Waals surface area (Å²) in [6.45, 7) is 1.34. The number of hydrogen-bond donors (Lipinski definition) is 2. The van der Waals surface area contributed by atoms with Gasteiger partial charge in [0, 0.05) is 30.2 Å². The lowest BCUT2D eigenvalue weighted by molar-refractivity contribution is 0.614. The molecule has 2 aromatic carbocycles. The molecule has 1 aromatic heterocycles. The molecule has 2 N–H and O–H groups in total. The van der Waals surface area contributed by atoms with Gasteiger partial charge in [-0.3, -0.25) is 9.36 Å². The first-order valence-corrected chi connectivity index (χ1v) is 10.2. The standard InChI is InChI=1S/C21H21ClN4OS/c22-15-7-5-14(6-8-15)13-23-21(28)24-16-9-10-18-17(12-16)20(27)26-11-3-1-2-4-19(26)25-18/h5-10,12H,1-4,11,13H2,(H2,23,24,28). The van der Waals surface area contributed by atoms with E-state index in [0.29, 0.717) is 22.1 Å². The maximum absolute atomic E-state index is 12.9. The van der Waals surface area contributed by atoms with E-state index < -0.39 is 0 Å². The zero-order valence-corrected chi connectivity index (χ0v) is 16.9. The summed E-state index contributed by atoms with van der Waals surface area (Å²) in [4.78, 5) is 17.7. The van der Waals surface area contributed by atoms with E-state index in [4.69, 9.17) is 28.8 Å². The number of nitrogens with one attached hydrogen (secondary N) is 2. The molecule has 4 rings (SSSR count). The Labute approximate surface area is 173 Å². The zero-order chi connectivity index (χ0) is 19.5. The number of anilines is 1. The van der Waals surface area contributed by atoms with Crippen LogP contribution in [0.4, 0.5) is 5.69 Å². The van der Waals surface area contributed by atoms with Crippen molar-refractivity contribution in [2.24, 2.45) is 0 Å². The molecule has 0 radical (unpaired) electrons. The summed E-state index contributed by atoms with van der Waals surface area (Å²) in [5, 5.41) is 8.15. The minimum Gasteiger partial charge on any atom is -0.358 e. The predicted octanol–water partition coefficient (Wildman–Crippen LogP) is 4.26. The van der Waals surface area contributed by atoms with Crippen LogP contribution < -0.4 is 16.2 Å². The smallest absolute Gasteiger partial charge is 0.261 e. The molecule has 0 unspecified atom stereocenters. The molecule has 0 bridgehead atoms. The van der Waals surface area contributed by atoms with Crippen LogP contribution in [0.2, 0.25) is 5.02 Å². The fraction of sp³-hybridized carbons (Fsp3) is 0.286. The van der Waals surface area contributed by atoms with E-state index in [1.54, 1.807) is 0 Å². The van der Waals surface area contributed by atoms with Crippen molar-refractivity contribution in [2.45, 2.75) is 38.8 Å². The SMILES string of the molecule is O=c1c2cc(NC(=S)NCc3ccc(Cl)cc3)ccc2nc2n1CCCCC2. The molecule has 0 saturated carbocycles. The zero-order valence-electron chi connectivity index (χ0n) is 15.4. The quantitative estimate of drug-likeness (QED) is 0.629. The van der Waals surface area contributed by atoms with Gasteiger partial charge in [0.2, 0.25) is 0 Å². The van der Waals surface area contributed by atoms with E-state index >= 15 is 0 Å². The minimum absolute atomic E-state index is 0.0330. The Bertz CT molecular complexity index is 1080. The molecule has 0 aliphatic carbocycles. The predicted molar refractivity (Wildman–Crippen MR) is 118 cm³/mol. The minimum atomic E-state index is 0.0330. The molecular weight excluding hydrogens is 392 g/mol. The molecule has 1 aliphatic heterocycles. The van der Waals surface area contributed by atoms with Gasteiger partial charge in [0.25, 0.3) is 5.56 Å². The van der Waals surface area contributed by atoms with Crippen molar-refractivity contribution in [3.05, 3.63) is 69.2 Å². The number of fused-ring (bicyclic) bond motifs is 2. The van der Waals surface area contributed by atoms with E-state index in [1.165, 1.54) is 0 Å². The van der Waals surface area contributed by atoms with Gasteiger partial charge in [0.05, 0.1) is 10.9 Å². The van der Waals surface area contributed by atoms with Crippen molar-refractivity contribution in [3.8, 4) is 0 Å². The molecular formula is C21H21ClN4OS. The highest BCUT2D eigenvalue weighted by Crippen LogP contribution is 2.18. The first kappa shape index (κ1) is 18.9. The van der Waals surface area contributed by atoms with Crippen LogP contribution >= 0.6 is 23.8 Å². The van der Waals surface area contributed by atoms with Gasteiger partial charge < -0.3 is 10.6 Å². The maximum Gasteiger partial charge on any atom is 0.261 e. The summed E-state index contributed by atoms with van der Waals surface area (Å²) in [5.41, 5.74) is 2.63. The van der Waals surface area contributed by atoms with Crippen LogP contribution in [0.5, 0.6) is 0 Å². The number of aryl methyl sites for hydroxylation is 1. The lowest BCUT2D eigenvalue weighted by Crippen LogP contribution is -2.28. The number of benzene rings is 2. The number of halogens is 1. The van der Waals surface area contributed by atoms with E-state index in [9.17, 15) is 4.79 Å². The van der Waals surface area contributed by atoms with Gasteiger partial charge in [-0.2, -0.15) is 0 Å². The topological polar surface area (TPSA) is 59.0 Å². The fourth-order valence-corrected chi connectivity index (χ4v) is 3.77. The first-order valence-electron chi connectivity index (χ1n) is 9.43. The average molecular weight is 413 g/mol. The van der Waals surface area contributed by atoms with E-state index in [0.717, 1.165) is 54.8 Å². The molecule has 0 spiro atoms. The molecule has 7 heteroatoms. The summed E-state index contributed by atoms with van der Waals surface area (Å²) in [6.07, 6.45) is 4.12. The molecule has 3 aromatic rings. The van der Waals surface area contributed by atoms with Crippen molar-refractivity contribution in [2.75, 3.05) is 5.32 Å². The van der Waals surface area contributed by atoms with E-state index in [2.05, 4.69) is 10.6 Å². The Morgan fingerprint density at radius 2 is 1.96 bits per heavy atom. The average Bonchev–Trinajstić information content (AvgIpc) is 2.94. The number of hydrogen-bond acceptors (Lipinski definition) is 3. The van der Waals surface area contributed by atoms with Crippen LogP contribution in [0.15, 0.2) is 47.3 Å². The van der Waals surface area contributed by atoms with Crippen LogP contribution in [0.1, 0.15) is 30.7 Å². The molecule has 1 aliphatic rings. The lowest BCUT2D eigenvalue weighted by Gasteiger charge is -2.13. The van der Waals surface area contributed by atoms with Crippen LogP contribution in [0, 0.1) is 0 Å². The summed E-state index contributed by atoms with van der Waals surface area (Å²) < 4.78 is 1.83. The van der Waals surface area contributed by atoms with Crippen LogP contribution in [-0.2, 0) is 19.5 Å². The van der Waals surface area contributed by atoms with Gasteiger partial charge in [-0.15, -0.1) is 0 Å². The highest BCUT2D eigenvalue weighted by Gasteiger charge is 2.14. The molecule has 144 valence electrons. The second kappa shape index (κ2) is 8.29. The Hall–Kier alpha value is -2.44. The summed E-state index contributed by atoms with van der Waals surface area (Å²) in [6, 6.07) is 13.2. The fourth-order valence-electron chi connectivity index (χ4n) is 3.46. The first-order chi connectivity index (χ1) is 13.6. The molecule has 0 atom stereocenters. The van der Waals surface area contributed by atoms with Crippen molar-refractivity contribution in [1.82, 2.24) is 14.9 Å². The number of nitrogens with zero attached hydrogens (tertiary/aromatic N) is 2. The molecule has 5 nitrogen and oxygen atoms in total. The number of aromatic nitrogens is 2. The molecule has 0 amide bonds. The van der Waals surface area contributed by atoms with Crippen molar-refractivity contribution >= 4 is 45.5 Å². The Kier molecular flexibility index (Phi) is 5.59. The number of thiocarbonyl (C=S) groups is 1. The van der Waals surface area contributed by atoms with E-state index in [1.807, 2.05) is 47.0 Å². The lowest BCUT2D eigenvalue weighted by atomic mass is 10.2. The molecule has 2 heterocycles. The third-order valence-corrected chi connectivity index (χ3v) is 5.44. The second-order valence-corrected chi connectivity index (χ2v) is 7.81. The van der Waals surface area contributed by atoms with Crippen LogP contribution in [-0.4, -0.2) is 14.7 Å². The van der Waals surface area contributed by atoms with E-state index in [-0.39, 0.29) is 5.56 Å². The summed E-state index contributed by atoms with van der Waals surface area (Å²) in [5.74, 6) is 0.899. The van der Waals surface area contributed by atoms with Gasteiger partial charge in [-0.05, 0) is 61.0 Å². The third kappa shape index (κ3) is 4.18.